The van der Waals surface area contributed by atoms with Crippen LogP contribution >= 0.6 is 0 Å². The summed E-state index contributed by atoms with van der Waals surface area (Å²) in [5.74, 6) is -1.43. The fourth-order valence-corrected chi connectivity index (χ4v) is 6.03. The van der Waals surface area contributed by atoms with Gasteiger partial charge in [0.1, 0.15) is 18.2 Å². The third-order valence-corrected chi connectivity index (χ3v) is 8.18. The van der Waals surface area contributed by atoms with Crippen molar-refractivity contribution in [1.29, 1.82) is 5.26 Å². The van der Waals surface area contributed by atoms with Gasteiger partial charge in [-0.2, -0.15) is 5.26 Å². The second-order valence-electron chi connectivity index (χ2n) is 10.8. The largest absolute Gasteiger partial charge is 0.434 e. The lowest BCUT2D eigenvalue weighted by Gasteiger charge is -2.45. The lowest BCUT2D eigenvalue weighted by Crippen LogP contribution is -2.54. The molecular formula is C31H32F2N6O. The third kappa shape index (κ3) is 5.24. The molecule has 1 aliphatic carbocycles. The molecule has 2 fully saturated rings. The molecule has 7 nitrogen and oxygen atoms in total. The van der Waals surface area contributed by atoms with Gasteiger partial charge in [-0.15, -0.1) is 0 Å². The van der Waals surface area contributed by atoms with Gasteiger partial charge in [-0.05, 0) is 75.4 Å². The van der Waals surface area contributed by atoms with E-state index in [9.17, 15) is 9.65 Å². The first kappa shape index (κ1) is 26.2. The number of ether oxygens (including phenoxy) is 1. The SMILES string of the molecule is CC1=Cc2c(F)c(Oc3ncnc(Nc4ccc(N5CCN6CCCCC6C5)cc4)c3C#N)cc(F)c2CCC1. The highest BCUT2D eigenvalue weighted by atomic mass is 19.1. The van der Waals surface area contributed by atoms with Gasteiger partial charge in [0.15, 0.2) is 22.9 Å². The molecule has 2 aliphatic heterocycles. The average molecular weight is 543 g/mol. The smallest absolute Gasteiger partial charge is 0.242 e. The molecular weight excluding hydrogens is 510 g/mol. The lowest BCUT2D eigenvalue weighted by atomic mass is 9.99. The molecule has 1 unspecified atom stereocenters. The van der Waals surface area contributed by atoms with E-state index in [1.54, 1.807) is 6.08 Å². The predicted octanol–water partition coefficient (Wildman–Crippen LogP) is 6.58. The van der Waals surface area contributed by atoms with Crippen molar-refractivity contribution in [2.24, 2.45) is 0 Å². The number of nitrogens with zero attached hydrogens (tertiary/aromatic N) is 5. The van der Waals surface area contributed by atoms with Crippen molar-refractivity contribution < 1.29 is 13.5 Å². The van der Waals surface area contributed by atoms with Crippen LogP contribution in [0, 0.1) is 23.0 Å². The van der Waals surface area contributed by atoms with E-state index >= 15 is 4.39 Å². The van der Waals surface area contributed by atoms with Gasteiger partial charge in [0.05, 0.1) is 0 Å². The zero-order chi connectivity index (χ0) is 27.6. The minimum atomic E-state index is -0.667. The maximum Gasteiger partial charge on any atom is 0.242 e. The molecule has 0 radical (unpaired) electrons. The fraction of sp³-hybridized carbons (Fsp3) is 0.387. The number of aromatic nitrogens is 2. The number of anilines is 3. The second kappa shape index (κ2) is 11.2. The number of nitriles is 1. The predicted molar refractivity (Wildman–Crippen MR) is 151 cm³/mol. The van der Waals surface area contributed by atoms with E-state index in [2.05, 4.69) is 43.3 Å². The molecule has 0 amide bonds. The summed E-state index contributed by atoms with van der Waals surface area (Å²) in [6.07, 6.45) is 8.74. The number of piperazine rings is 1. The Kier molecular flexibility index (Phi) is 7.35. The summed E-state index contributed by atoms with van der Waals surface area (Å²) in [5.41, 5.74) is 3.42. The molecule has 0 bridgehead atoms. The molecule has 1 N–H and O–H groups in total. The number of rotatable bonds is 5. The molecule has 2 aromatic carbocycles. The van der Waals surface area contributed by atoms with Crippen molar-refractivity contribution >= 4 is 23.3 Å². The van der Waals surface area contributed by atoms with Gasteiger partial charge in [0.25, 0.3) is 0 Å². The van der Waals surface area contributed by atoms with Crippen LogP contribution in [0.4, 0.5) is 26.0 Å². The van der Waals surface area contributed by atoms with E-state index in [4.69, 9.17) is 4.74 Å². The van der Waals surface area contributed by atoms with Crippen LogP contribution in [-0.2, 0) is 6.42 Å². The van der Waals surface area contributed by atoms with Crippen LogP contribution in [-0.4, -0.2) is 47.1 Å². The number of fused-ring (bicyclic) bond motifs is 2. The van der Waals surface area contributed by atoms with Crippen molar-refractivity contribution in [3.05, 3.63) is 70.6 Å². The number of benzene rings is 2. The highest BCUT2D eigenvalue weighted by molar-refractivity contribution is 5.67. The average Bonchev–Trinajstić information content (AvgIpc) is 3.18. The quantitative estimate of drug-likeness (QED) is 0.390. The van der Waals surface area contributed by atoms with E-state index < -0.39 is 11.6 Å². The van der Waals surface area contributed by atoms with Crippen LogP contribution in [0.5, 0.6) is 11.6 Å². The highest BCUT2D eigenvalue weighted by Crippen LogP contribution is 2.36. The summed E-state index contributed by atoms with van der Waals surface area (Å²) in [6.45, 7) is 6.23. The van der Waals surface area contributed by atoms with Crippen molar-refractivity contribution in [3.8, 4) is 17.7 Å². The first-order valence-corrected chi connectivity index (χ1v) is 14.0. The van der Waals surface area contributed by atoms with Crippen molar-refractivity contribution in [1.82, 2.24) is 14.9 Å². The van der Waals surface area contributed by atoms with Gasteiger partial charge in [0.2, 0.25) is 5.88 Å². The summed E-state index contributed by atoms with van der Waals surface area (Å²) in [6, 6.07) is 11.7. The molecule has 6 rings (SSSR count). The topological polar surface area (TPSA) is 77.3 Å². The van der Waals surface area contributed by atoms with Gasteiger partial charge < -0.3 is 15.0 Å². The highest BCUT2D eigenvalue weighted by Gasteiger charge is 2.29. The minimum Gasteiger partial charge on any atom is -0.434 e. The zero-order valence-electron chi connectivity index (χ0n) is 22.6. The fourth-order valence-electron chi connectivity index (χ4n) is 6.03. The number of hydrogen-bond donors (Lipinski definition) is 1. The Morgan fingerprint density at radius 3 is 2.73 bits per heavy atom. The molecule has 206 valence electrons. The van der Waals surface area contributed by atoms with Crippen LogP contribution in [0.25, 0.3) is 6.08 Å². The van der Waals surface area contributed by atoms with Crippen molar-refractivity contribution in [2.45, 2.75) is 51.5 Å². The molecule has 0 spiro atoms. The number of hydrogen-bond acceptors (Lipinski definition) is 7. The summed E-state index contributed by atoms with van der Waals surface area (Å²) in [4.78, 5) is 13.3. The molecule has 2 saturated heterocycles. The maximum absolute atomic E-state index is 15.5. The van der Waals surface area contributed by atoms with E-state index in [1.807, 2.05) is 19.1 Å². The van der Waals surface area contributed by atoms with Gasteiger partial charge in [-0.3, -0.25) is 4.90 Å². The van der Waals surface area contributed by atoms with Gasteiger partial charge in [-0.25, -0.2) is 18.7 Å². The number of nitrogens with one attached hydrogen (secondary N) is 1. The van der Waals surface area contributed by atoms with Crippen LogP contribution in [0.1, 0.15) is 55.7 Å². The van der Waals surface area contributed by atoms with E-state index in [-0.39, 0.29) is 28.6 Å². The van der Waals surface area contributed by atoms with E-state index in [0.717, 1.165) is 55.5 Å². The Bertz CT molecular complexity index is 1480. The summed E-state index contributed by atoms with van der Waals surface area (Å²) < 4.78 is 36.1. The van der Waals surface area contributed by atoms with Crippen LogP contribution < -0.4 is 15.0 Å². The molecule has 40 heavy (non-hydrogen) atoms. The molecule has 3 aliphatic rings. The third-order valence-electron chi connectivity index (χ3n) is 8.18. The Balaban J connectivity index is 1.21. The Morgan fingerprint density at radius 1 is 1.05 bits per heavy atom. The molecule has 1 atom stereocenters. The Labute approximate surface area is 233 Å². The molecule has 3 aromatic rings. The summed E-state index contributed by atoms with van der Waals surface area (Å²) in [7, 11) is 0. The second-order valence-corrected chi connectivity index (χ2v) is 10.8. The minimum absolute atomic E-state index is 0.00136. The monoisotopic (exact) mass is 542 g/mol. The zero-order valence-corrected chi connectivity index (χ0v) is 22.6. The molecule has 9 heteroatoms. The van der Waals surface area contributed by atoms with Gasteiger partial charge in [0, 0.05) is 48.7 Å². The normalized spacial score (nSPS) is 19.1. The first-order valence-electron chi connectivity index (χ1n) is 14.0. The number of halogens is 2. The van der Waals surface area contributed by atoms with Crippen molar-refractivity contribution in [2.75, 3.05) is 36.4 Å². The lowest BCUT2D eigenvalue weighted by molar-refractivity contribution is 0.133. The van der Waals surface area contributed by atoms with Crippen LogP contribution in [0.3, 0.4) is 0 Å². The van der Waals surface area contributed by atoms with E-state index in [0.29, 0.717) is 18.0 Å². The van der Waals surface area contributed by atoms with Crippen LogP contribution in [0.15, 0.2) is 42.2 Å². The summed E-state index contributed by atoms with van der Waals surface area (Å²) in [5, 5.41) is 13.1. The summed E-state index contributed by atoms with van der Waals surface area (Å²) >= 11 is 0. The Hall–Kier alpha value is -4.03. The number of allylic oxidation sites excluding steroid dienone is 1. The van der Waals surface area contributed by atoms with Crippen LogP contribution in [0.2, 0.25) is 0 Å². The first-order chi connectivity index (χ1) is 19.5. The molecule has 0 saturated carbocycles. The van der Waals surface area contributed by atoms with Gasteiger partial charge in [-0.1, -0.05) is 18.1 Å². The van der Waals surface area contributed by atoms with Crippen molar-refractivity contribution in [3.63, 3.8) is 0 Å². The molecule has 3 heterocycles. The maximum atomic E-state index is 15.5. The van der Waals surface area contributed by atoms with Gasteiger partial charge >= 0.3 is 0 Å². The number of piperidine rings is 1. The Morgan fingerprint density at radius 2 is 1.90 bits per heavy atom. The standard InChI is InChI=1S/C31H32F2N6O/c1-20-5-4-7-24-25(15-20)29(33)28(16-27(24)32)40-31-26(17-34)30(35-19-36-31)37-21-8-10-22(11-9-21)39-14-13-38-12-3-2-6-23(38)18-39/h8-11,15-16,19,23H,2-7,12-14,18H2,1H3,(H,35,36,37). The van der Waals surface area contributed by atoms with E-state index in [1.165, 1.54) is 32.1 Å². The molecule has 1 aromatic heterocycles.